The van der Waals surface area contributed by atoms with Crippen molar-refractivity contribution in [3.63, 3.8) is 0 Å². The van der Waals surface area contributed by atoms with E-state index in [1.807, 2.05) is 13.8 Å². The molecular weight excluding hydrogens is 279 g/mol. The van der Waals surface area contributed by atoms with Gasteiger partial charge < -0.3 is 5.73 Å². The quantitative estimate of drug-likeness (QED) is 0.821. The summed E-state index contributed by atoms with van der Waals surface area (Å²) in [4.78, 5) is -0.276. The first-order valence-corrected chi connectivity index (χ1v) is 8.33. The van der Waals surface area contributed by atoms with E-state index in [1.54, 1.807) is 0 Å². The molecule has 2 rings (SSSR count). The second-order valence-corrected chi connectivity index (χ2v) is 7.58. The minimum atomic E-state index is -3.78. The summed E-state index contributed by atoms with van der Waals surface area (Å²) < 4.78 is 40.6. The van der Waals surface area contributed by atoms with E-state index in [0.29, 0.717) is 12.5 Å². The minimum Gasteiger partial charge on any atom is -0.399 e. The number of halogens is 1. The molecule has 0 bridgehead atoms. The van der Waals surface area contributed by atoms with E-state index in [2.05, 4.69) is 0 Å². The highest BCUT2D eigenvalue weighted by Gasteiger charge is 2.38. The fourth-order valence-electron chi connectivity index (χ4n) is 2.10. The molecule has 4 nitrogen and oxygen atoms in total. The summed E-state index contributed by atoms with van der Waals surface area (Å²) >= 11 is 0. The molecule has 1 saturated carbocycles. The van der Waals surface area contributed by atoms with Gasteiger partial charge in [-0.15, -0.1) is 0 Å². The average molecular weight is 300 g/mol. The molecule has 1 aromatic rings. The van der Waals surface area contributed by atoms with Crippen molar-refractivity contribution >= 4 is 15.7 Å². The van der Waals surface area contributed by atoms with Gasteiger partial charge in [-0.1, -0.05) is 13.8 Å². The number of hydrogen-bond acceptors (Lipinski definition) is 3. The molecule has 2 N–H and O–H groups in total. The summed E-state index contributed by atoms with van der Waals surface area (Å²) in [6.45, 7) is 4.53. The van der Waals surface area contributed by atoms with Gasteiger partial charge >= 0.3 is 0 Å². The zero-order valence-electron chi connectivity index (χ0n) is 11.8. The minimum absolute atomic E-state index is 0.0238. The lowest BCUT2D eigenvalue weighted by Gasteiger charge is -2.23. The summed E-state index contributed by atoms with van der Waals surface area (Å²) in [6, 6.07) is 3.75. The summed E-state index contributed by atoms with van der Waals surface area (Å²) in [6.07, 6.45) is 2.48. The normalized spacial score (nSPS) is 16.1. The number of hydrogen-bond donors (Lipinski definition) is 1. The van der Waals surface area contributed by atoms with Crippen LogP contribution in [-0.4, -0.2) is 25.3 Å². The number of benzene rings is 1. The Balaban J connectivity index is 2.30. The van der Waals surface area contributed by atoms with Crippen LogP contribution < -0.4 is 5.73 Å². The van der Waals surface area contributed by atoms with Crippen molar-refractivity contribution in [2.75, 3.05) is 12.3 Å². The van der Waals surface area contributed by atoms with Gasteiger partial charge in [0.15, 0.2) is 0 Å². The fraction of sp³-hybridized carbons (Fsp3) is 0.571. The molecule has 0 aliphatic heterocycles. The SMILES string of the molecule is CC(C)CCN(C1CC1)S(=O)(=O)c1ccc(N)cc1F. The van der Waals surface area contributed by atoms with Crippen LogP contribution in [0.3, 0.4) is 0 Å². The molecule has 0 amide bonds. The third kappa shape index (κ3) is 3.30. The Kier molecular flexibility index (Phi) is 4.34. The van der Waals surface area contributed by atoms with Gasteiger partial charge in [0.05, 0.1) is 0 Å². The van der Waals surface area contributed by atoms with Crippen molar-refractivity contribution in [1.29, 1.82) is 0 Å². The van der Waals surface area contributed by atoms with Crippen LogP contribution in [0.2, 0.25) is 0 Å². The van der Waals surface area contributed by atoms with E-state index in [1.165, 1.54) is 16.4 Å². The van der Waals surface area contributed by atoms with Crippen LogP contribution in [0.4, 0.5) is 10.1 Å². The van der Waals surface area contributed by atoms with Gasteiger partial charge in [-0.3, -0.25) is 0 Å². The first-order valence-electron chi connectivity index (χ1n) is 6.89. The van der Waals surface area contributed by atoms with Crippen LogP contribution in [0.25, 0.3) is 0 Å². The Bertz CT molecular complexity index is 583. The Labute approximate surface area is 119 Å². The van der Waals surface area contributed by atoms with Crippen LogP contribution in [0.1, 0.15) is 33.1 Å². The van der Waals surface area contributed by atoms with Gasteiger partial charge in [0.25, 0.3) is 0 Å². The van der Waals surface area contributed by atoms with Gasteiger partial charge in [-0.05, 0) is 43.4 Å². The summed E-state index contributed by atoms with van der Waals surface area (Å²) in [7, 11) is -3.78. The molecule has 0 aromatic heterocycles. The molecule has 112 valence electrons. The van der Waals surface area contributed by atoms with E-state index in [4.69, 9.17) is 5.73 Å². The van der Waals surface area contributed by atoms with E-state index in [0.717, 1.165) is 25.3 Å². The molecule has 0 heterocycles. The number of anilines is 1. The molecule has 1 aromatic carbocycles. The van der Waals surface area contributed by atoms with E-state index >= 15 is 0 Å². The molecule has 0 radical (unpaired) electrons. The third-order valence-electron chi connectivity index (χ3n) is 3.42. The Morgan fingerprint density at radius 1 is 1.40 bits per heavy atom. The van der Waals surface area contributed by atoms with Gasteiger partial charge in [0.1, 0.15) is 10.7 Å². The topological polar surface area (TPSA) is 63.4 Å². The first kappa shape index (κ1) is 15.3. The Morgan fingerprint density at radius 3 is 2.55 bits per heavy atom. The molecule has 1 fully saturated rings. The molecule has 0 saturated heterocycles. The molecular formula is C14H21FN2O2S. The lowest BCUT2D eigenvalue weighted by atomic mass is 10.1. The number of nitrogen functional groups attached to an aromatic ring is 1. The van der Waals surface area contributed by atoms with E-state index < -0.39 is 15.8 Å². The predicted molar refractivity (Wildman–Crippen MR) is 77.2 cm³/mol. The Hall–Kier alpha value is -1.14. The lowest BCUT2D eigenvalue weighted by Crippen LogP contribution is -2.35. The van der Waals surface area contributed by atoms with Gasteiger partial charge in [0, 0.05) is 18.3 Å². The smallest absolute Gasteiger partial charge is 0.246 e. The maximum absolute atomic E-state index is 13.9. The Morgan fingerprint density at radius 2 is 2.05 bits per heavy atom. The van der Waals surface area contributed by atoms with Gasteiger partial charge in [0.2, 0.25) is 10.0 Å². The van der Waals surface area contributed by atoms with Crippen LogP contribution >= 0.6 is 0 Å². The molecule has 0 atom stereocenters. The van der Waals surface area contributed by atoms with Crippen molar-refractivity contribution in [2.24, 2.45) is 5.92 Å². The fourth-order valence-corrected chi connectivity index (χ4v) is 3.85. The largest absolute Gasteiger partial charge is 0.399 e. The first-order chi connectivity index (χ1) is 9.32. The zero-order valence-corrected chi connectivity index (χ0v) is 12.7. The number of nitrogens with two attached hydrogens (primary N) is 1. The molecule has 0 unspecified atom stereocenters. The molecule has 1 aliphatic carbocycles. The van der Waals surface area contributed by atoms with Gasteiger partial charge in [-0.25, -0.2) is 12.8 Å². The second kappa shape index (κ2) is 5.69. The van der Waals surface area contributed by atoms with E-state index in [9.17, 15) is 12.8 Å². The molecule has 6 heteroatoms. The summed E-state index contributed by atoms with van der Waals surface area (Å²) in [5.41, 5.74) is 5.69. The lowest BCUT2D eigenvalue weighted by molar-refractivity contribution is 0.371. The second-order valence-electron chi connectivity index (χ2n) is 5.72. The third-order valence-corrected chi connectivity index (χ3v) is 5.41. The maximum Gasteiger partial charge on any atom is 0.246 e. The van der Waals surface area contributed by atoms with Crippen molar-refractivity contribution in [1.82, 2.24) is 4.31 Å². The van der Waals surface area contributed by atoms with Crippen molar-refractivity contribution in [3.05, 3.63) is 24.0 Å². The average Bonchev–Trinajstić information content (AvgIpc) is 3.12. The molecule has 1 aliphatic rings. The van der Waals surface area contributed by atoms with E-state index in [-0.39, 0.29) is 16.6 Å². The standard InChI is InChI=1S/C14H21FN2O2S/c1-10(2)7-8-17(12-4-5-12)20(18,19)14-6-3-11(16)9-13(14)15/h3,6,9-10,12H,4-5,7-8,16H2,1-2H3. The monoisotopic (exact) mass is 300 g/mol. The number of rotatable bonds is 6. The highest BCUT2D eigenvalue weighted by molar-refractivity contribution is 7.89. The summed E-state index contributed by atoms with van der Waals surface area (Å²) in [5, 5.41) is 0. The van der Waals surface area contributed by atoms with Crippen LogP contribution in [0.5, 0.6) is 0 Å². The molecule has 20 heavy (non-hydrogen) atoms. The van der Waals surface area contributed by atoms with Crippen LogP contribution in [0, 0.1) is 11.7 Å². The van der Waals surface area contributed by atoms with Crippen molar-refractivity contribution in [2.45, 2.75) is 44.0 Å². The highest BCUT2D eigenvalue weighted by atomic mass is 32.2. The number of nitrogens with zero attached hydrogens (tertiary/aromatic N) is 1. The zero-order chi connectivity index (χ0) is 14.9. The molecule has 0 spiro atoms. The van der Waals surface area contributed by atoms with Crippen LogP contribution in [0.15, 0.2) is 23.1 Å². The van der Waals surface area contributed by atoms with Crippen molar-refractivity contribution < 1.29 is 12.8 Å². The predicted octanol–water partition coefficient (Wildman–Crippen LogP) is 2.61. The van der Waals surface area contributed by atoms with Crippen molar-refractivity contribution in [3.8, 4) is 0 Å². The number of sulfonamides is 1. The highest BCUT2D eigenvalue weighted by Crippen LogP contribution is 2.33. The van der Waals surface area contributed by atoms with Gasteiger partial charge in [-0.2, -0.15) is 4.31 Å². The summed E-state index contributed by atoms with van der Waals surface area (Å²) in [5.74, 6) is -0.372. The van der Waals surface area contributed by atoms with Crippen LogP contribution in [-0.2, 0) is 10.0 Å². The maximum atomic E-state index is 13.9.